The van der Waals surface area contributed by atoms with Crippen molar-refractivity contribution in [1.82, 2.24) is 4.90 Å². The lowest BCUT2D eigenvalue weighted by molar-refractivity contribution is -0.127. The van der Waals surface area contributed by atoms with E-state index in [2.05, 4.69) is 21.2 Å². The molecule has 1 aliphatic heterocycles. The zero-order valence-corrected chi connectivity index (χ0v) is 24.8. The summed E-state index contributed by atoms with van der Waals surface area (Å²) in [6.45, 7) is 3.92. The fraction of sp³-hybridized carbons (Fsp3) is 0.179. The second-order valence-corrected chi connectivity index (χ2v) is 11.1. The number of amides is 3. The van der Waals surface area contributed by atoms with Crippen LogP contribution in [0.3, 0.4) is 0 Å². The summed E-state index contributed by atoms with van der Waals surface area (Å²) in [5, 5.41) is 3.11. The first-order valence-electron chi connectivity index (χ1n) is 11.8. The number of benzene rings is 3. The SMILES string of the molecule is CCOc1cc(/C=C2/SC(=O)N(CC(=O)Nc3ccccc3C)C2=O)cc(Br)c1OCc1ccc(Cl)c(Cl)c1. The van der Waals surface area contributed by atoms with Crippen molar-refractivity contribution in [2.75, 3.05) is 18.5 Å². The lowest BCUT2D eigenvalue weighted by atomic mass is 10.1. The molecule has 1 aliphatic rings. The predicted octanol–water partition coefficient (Wildman–Crippen LogP) is 7.72. The van der Waals surface area contributed by atoms with Gasteiger partial charge in [-0.2, -0.15) is 0 Å². The van der Waals surface area contributed by atoms with Crippen molar-refractivity contribution in [2.24, 2.45) is 0 Å². The molecule has 11 heteroatoms. The zero-order chi connectivity index (χ0) is 28.1. The highest BCUT2D eigenvalue weighted by atomic mass is 79.9. The number of hydrogen-bond donors (Lipinski definition) is 1. The molecule has 1 N–H and O–H groups in total. The second-order valence-electron chi connectivity index (χ2n) is 8.43. The summed E-state index contributed by atoms with van der Waals surface area (Å²) >= 11 is 16.4. The second kappa shape index (κ2) is 12.9. The molecule has 1 heterocycles. The maximum Gasteiger partial charge on any atom is 0.294 e. The van der Waals surface area contributed by atoms with Gasteiger partial charge in [0.25, 0.3) is 11.1 Å². The Labute approximate surface area is 248 Å². The topological polar surface area (TPSA) is 84.9 Å². The van der Waals surface area contributed by atoms with E-state index in [4.69, 9.17) is 32.7 Å². The van der Waals surface area contributed by atoms with E-state index in [1.807, 2.05) is 32.0 Å². The number of nitrogens with zero attached hydrogens (tertiary/aromatic N) is 1. The highest BCUT2D eigenvalue weighted by Gasteiger charge is 2.36. The minimum Gasteiger partial charge on any atom is -0.490 e. The number of carbonyl (C=O) groups excluding carboxylic acids is 3. The number of rotatable bonds is 9. The van der Waals surface area contributed by atoms with Crippen LogP contribution < -0.4 is 14.8 Å². The summed E-state index contributed by atoms with van der Waals surface area (Å²) in [5.41, 5.74) is 2.93. The number of thioether (sulfide) groups is 1. The highest BCUT2D eigenvalue weighted by molar-refractivity contribution is 9.10. The first-order valence-corrected chi connectivity index (χ1v) is 14.2. The van der Waals surface area contributed by atoms with Gasteiger partial charge in [-0.3, -0.25) is 19.3 Å². The maximum atomic E-state index is 13.0. The molecule has 3 aromatic carbocycles. The molecule has 0 unspecified atom stereocenters. The number of ether oxygens (including phenoxy) is 2. The zero-order valence-electron chi connectivity index (χ0n) is 20.9. The van der Waals surface area contributed by atoms with E-state index in [-0.39, 0.29) is 18.1 Å². The van der Waals surface area contributed by atoms with Crippen molar-refractivity contribution in [1.29, 1.82) is 0 Å². The van der Waals surface area contributed by atoms with E-state index in [0.29, 0.717) is 43.9 Å². The number of halogens is 3. The Morgan fingerprint density at radius 3 is 2.56 bits per heavy atom. The van der Waals surface area contributed by atoms with Gasteiger partial charge in [-0.25, -0.2) is 0 Å². The Morgan fingerprint density at radius 1 is 1.08 bits per heavy atom. The number of nitrogens with one attached hydrogen (secondary N) is 1. The van der Waals surface area contributed by atoms with E-state index in [9.17, 15) is 14.4 Å². The number of imide groups is 1. The quantitative estimate of drug-likeness (QED) is 0.239. The van der Waals surface area contributed by atoms with Gasteiger partial charge >= 0.3 is 0 Å². The van der Waals surface area contributed by atoms with Crippen molar-refractivity contribution < 1.29 is 23.9 Å². The number of aryl methyl sites for hydroxylation is 1. The van der Waals surface area contributed by atoms with E-state index in [0.717, 1.165) is 27.8 Å². The molecule has 7 nitrogen and oxygen atoms in total. The molecule has 202 valence electrons. The van der Waals surface area contributed by atoms with Crippen molar-refractivity contribution >= 4 is 79.7 Å². The fourth-order valence-corrected chi connectivity index (χ4v) is 5.43. The summed E-state index contributed by atoms with van der Waals surface area (Å²) in [6, 6.07) is 16.0. The van der Waals surface area contributed by atoms with Gasteiger partial charge in [-0.1, -0.05) is 47.5 Å². The largest absolute Gasteiger partial charge is 0.490 e. The number of carbonyl (C=O) groups is 3. The standard InChI is InChI=1S/C28H23BrCl2N2O5S/c1-3-37-23-12-18(10-19(29)26(23)38-15-17-8-9-20(30)21(31)11-17)13-24-27(35)33(28(36)39-24)14-25(34)32-22-7-5-4-6-16(22)2/h4-13H,3,14-15H2,1-2H3,(H,32,34)/b24-13+. The van der Waals surface area contributed by atoms with Crippen molar-refractivity contribution in [3.8, 4) is 11.5 Å². The Morgan fingerprint density at radius 2 is 1.85 bits per heavy atom. The van der Waals surface area contributed by atoms with Gasteiger partial charge in [0.15, 0.2) is 11.5 Å². The first kappa shape index (κ1) is 29.0. The van der Waals surface area contributed by atoms with Gasteiger partial charge < -0.3 is 14.8 Å². The van der Waals surface area contributed by atoms with Crippen molar-refractivity contribution in [3.05, 3.63) is 90.7 Å². The Kier molecular flexibility index (Phi) is 9.61. The average molecular weight is 650 g/mol. The summed E-state index contributed by atoms with van der Waals surface area (Å²) in [6.07, 6.45) is 1.58. The van der Waals surface area contributed by atoms with Crippen LogP contribution in [0, 0.1) is 6.92 Å². The van der Waals surface area contributed by atoms with Crippen LogP contribution in [0.1, 0.15) is 23.6 Å². The van der Waals surface area contributed by atoms with Crippen molar-refractivity contribution in [2.45, 2.75) is 20.5 Å². The normalized spacial score (nSPS) is 14.2. The Hall–Kier alpha value is -2.98. The smallest absolute Gasteiger partial charge is 0.294 e. The highest BCUT2D eigenvalue weighted by Crippen LogP contribution is 2.40. The summed E-state index contributed by atoms with van der Waals surface area (Å²) in [7, 11) is 0. The fourth-order valence-electron chi connectivity index (χ4n) is 3.69. The van der Waals surface area contributed by atoms with Gasteiger partial charge in [-0.15, -0.1) is 0 Å². The summed E-state index contributed by atoms with van der Waals surface area (Å²) in [4.78, 5) is 39.2. The third-order valence-corrected chi connectivity index (χ3v) is 7.83. The van der Waals surface area contributed by atoms with Gasteiger partial charge in [0.05, 0.1) is 26.0 Å². The molecule has 3 amide bonds. The molecule has 0 atom stereocenters. The van der Waals surface area contributed by atoms with Crippen LogP contribution in [0.25, 0.3) is 6.08 Å². The number of hydrogen-bond acceptors (Lipinski definition) is 6. The number of para-hydroxylation sites is 1. The van der Waals surface area contributed by atoms with Gasteiger partial charge in [-0.05, 0) is 94.6 Å². The molecule has 0 aliphatic carbocycles. The summed E-state index contributed by atoms with van der Waals surface area (Å²) < 4.78 is 12.4. The van der Waals surface area contributed by atoms with E-state index in [1.165, 1.54) is 0 Å². The lowest BCUT2D eigenvalue weighted by Gasteiger charge is -2.15. The Bertz CT molecular complexity index is 1480. The third-order valence-electron chi connectivity index (χ3n) is 5.59. The molecule has 4 rings (SSSR count). The molecular weight excluding hydrogens is 627 g/mol. The van der Waals surface area contributed by atoms with E-state index < -0.39 is 17.1 Å². The molecule has 3 aromatic rings. The van der Waals surface area contributed by atoms with Gasteiger partial charge in [0.2, 0.25) is 5.91 Å². The Balaban J connectivity index is 1.50. The molecule has 0 radical (unpaired) electrons. The first-order chi connectivity index (χ1) is 18.7. The van der Waals surface area contributed by atoms with E-state index in [1.54, 1.807) is 42.5 Å². The van der Waals surface area contributed by atoms with Crippen LogP contribution in [0.15, 0.2) is 64.0 Å². The monoisotopic (exact) mass is 648 g/mol. The average Bonchev–Trinajstić information content (AvgIpc) is 3.14. The molecular formula is C28H23BrCl2N2O5S. The molecule has 0 aromatic heterocycles. The summed E-state index contributed by atoms with van der Waals surface area (Å²) in [5.74, 6) is -0.0762. The van der Waals surface area contributed by atoms with Crippen LogP contribution in [-0.4, -0.2) is 35.1 Å². The third kappa shape index (κ3) is 7.16. The molecule has 39 heavy (non-hydrogen) atoms. The molecule has 0 saturated carbocycles. The minimum atomic E-state index is -0.543. The molecule has 1 saturated heterocycles. The predicted molar refractivity (Wildman–Crippen MR) is 159 cm³/mol. The van der Waals surface area contributed by atoms with Crippen molar-refractivity contribution in [3.63, 3.8) is 0 Å². The van der Waals surface area contributed by atoms with Crippen LogP contribution in [0.2, 0.25) is 10.0 Å². The van der Waals surface area contributed by atoms with Crippen LogP contribution >= 0.6 is 50.9 Å². The van der Waals surface area contributed by atoms with E-state index >= 15 is 0 Å². The van der Waals surface area contributed by atoms with Crippen LogP contribution in [0.5, 0.6) is 11.5 Å². The minimum absolute atomic E-state index is 0.197. The molecule has 1 fully saturated rings. The molecule has 0 bridgehead atoms. The van der Waals surface area contributed by atoms with Gasteiger partial charge in [0, 0.05) is 5.69 Å². The maximum absolute atomic E-state index is 13.0. The lowest BCUT2D eigenvalue weighted by Crippen LogP contribution is -2.36. The molecule has 0 spiro atoms. The van der Waals surface area contributed by atoms with Gasteiger partial charge in [0.1, 0.15) is 13.2 Å². The number of anilines is 1. The van der Waals surface area contributed by atoms with Crippen LogP contribution in [-0.2, 0) is 16.2 Å². The van der Waals surface area contributed by atoms with Crippen LogP contribution in [0.4, 0.5) is 10.5 Å².